The molecule has 1 aliphatic rings. The lowest BCUT2D eigenvalue weighted by molar-refractivity contribution is -0.0521. The number of nitrogens with zero attached hydrogens (tertiary/aromatic N) is 4. The number of carbonyl (C=O) groups excluding carboxylic acids is 1. The number of benzene rings is 1. The van der Waals surface area contributed by atoms with E-state index in [0.29, 0.717) is 28.7 Å². The molecule has 2 aromatic heterocycles. The summed E-state index contributed by atoms with van der Waals surface area (Å²) in [5.41, 5.74) is 2.37. The SMILES string of the molecule is CN1C(=O)OCC1Cn1ncc2ncc(-c3ccc(F)c(OC(F)F)c3)cc21. The number of cyclic esters (lactones) is 1. The molecule has 1 aromatic carbocycles. The molecule has 0 radical (unpaired) electrons. The first-order valence-corrected chi connectivity index (χ1v) is 8.38. The molecule has 0 saturated carbocycles. The lowest BCUT2D eigenvalue weighted by atomic mass is 10.1. The Morgan fingerprint density at radius 3 is 2.82 bits per heavy atom. The summed E-state index contributed by atoms with van der Waals surface area (Å²) in [5, 5.41) is 4.30. The molecule has 28 heavy (non-hydrogen) atoms. The van der Waals surface area contributed by atoms with E-state index < -0.39 is 24.3 Å². The fourth-order valence-corrected chi connectivity index (χ4v) is 3.03. The number of carbonyl (C=O) groups is 1. The largest absolute Gasteiger partial charge is 0.447 e. The van der Waals surface area contributed by atoms with Crippen LogP contribution in [0.4, 0.5) is 18.0 Å². The van der Waals surface area contributed by atoms with E-state index in [1.54, 1.807) is 30.2 Å². The quantitative estimate of drug-likeness (QED) is 0.667. The second-order valence-corrected chi connectivity index (χ2v) is 6.32. The molecule has 0 spiro atoms. The van der Waals surface area contributed by atoms with Crippen LogP contribution in [0.15, 0.2) is 36.7 Å². The smallest absolute Gasteiger partial charge is 0.410 e. The van der Waals surface area contributed by atoms with Crippen LogP contribution in [0.2, 0.25) is 0 Å². The molecule has 4 rings (SSSR count). The highest BCUT2D eigenvalue weighted by Crippen LogP contribution is 2.29. The molecular weight excluding hydrogens is 377 g/mol. The number of aromatic nitrogens is 3. The second kappa shape index (κ2) is 7.02. The molecule has 1 atom stereocenters. The van der Waals surface area contributed by atoms with Crippen LogP contribution in [0.1, 0.15) is 0 Å². The summed E-state index contributed by atoms with van der Waals surface area (Å²) < 4.78 is 49.5. The zero-order chi connectivity index (χ0) is 19.8. The van der Waals surface area contributed by atoms with Gasteiger partial charge in [-0.15, -0.1) is 0 Å². The van der Waals surface area contributed by atoms with Crippen molar-refractivity contribution in [1.82, 2.24) is 19.7 Å². The van der Waals surface area contributed by atoms with Crippen LogP contribution in [-0.4, -0.2) is 52.1 Å². The molecular formula is C18H15F3N4O3. The van der Waals surface area contributed by atoms with Gasteiger partial charge in [0.1, 0.15) is 12.1 Å². The summed E-state index contributed by atoms with van der Waals surface area (Å²) in [4.78, 5) is 17.3. The van der Waals surface area contributed by atoms with Crippen LogP contribution in [0, 0.1) is 5.82 Å². The molecule has 1 saturated heterocycles. The van der Waals surface area contributed by atoms with Gasteiger partial charge in [0.25, 0.3) is 0 Å². The molecule has 1 fully saturated rings. The minimum absolute atomic E-state index is 0.170. The van der Waals surface area contributed by atoms with Crippen molar-refractivity contribution in [1.29, 1.82) is 0 Å². The molecule has 0 aliphatic carbocycles. The number of hydrogen-bond acceptors (Lipinski definition) is 5. The normalized spacial score (nSPS) is 16.8. The zero-order valence-electron chi connectivity index (χ0n) is 14.7. The number of fused-ring (bicyclic) bond motifs is 1. The summed E-state index contributed by atoms with van der Waals surface area (Å²) in [6.45, 7) is -2.46. The summed E-state index contributed by atoms with van der Waals surface area (Å²) in [6.07, 6.45) is 2.74. The van der Waals surface area contributed by atoms with Crippen molar-refractivity contribution in [3.63, 3.8) is 0 Å². The van der Waals surface area contributed by atoms with Crippen molar-refractivity contribution >= 4 is 17.1 Å². The molecule has 3 heterocycles. The minimum atomic E-state index is -3.12. The summed E-state index contributed by atoms with van der Waals surface area (Å²) in [6, 6.07) is 5.31. The zero-order valence-corrected chi connectivity index (χ0v) is 14.7. The van der Waals surface area contributed by atoms with Crippen LogP contribution in [0.25, 0.3) is 22.2 Å². The molecule has 1 unspecified atom stereocenters. The van der Waals surface area contributed by atoms with Crippen molar-refractivity contribution in [2.75, 3.05) is 13.7 Å². The first-order chi connectivity index (χ1) is 13.4. The van der Waals surface area contributed by atoms with Crippen LogP contribution in [-0.2, 0) is 11.3 Å². The van der Waals surface area contributed by atoms with Gasteiger partial charge in [-0.1, -0.05) is 6.07 Å². The summed E-state index contributed by atoms with van der Waals surface area (Å²) >= 11 is 0. The highest BCUT2D eigenvalue weighted by atomic mass is 19.3. The van der Waals surface area contributed by atoms with Crippen LogP contribution >= 0.6 is 0 Å². The number of likely N-dealkylation sites (N-methyl/N-ethyl adjacent to an activating group) is 1. The van der Waals surface area contributed by atoms with E-state index >= 15 is 0 Å². The Bertz CT molecular complexity index is 1040. The van der Waals surface area contributed by atoms with Gasteiger partial charge in [-0.3, -0.25) is 9.67 Å². The van der Waals surface area contributed by atoms with E-state index in [2.05, 4.69) is 14.8 Å². The number of pyridine rings is 1. The van der Waals surface area contributed by atoms with Crippen molar-refractivity contribution in [3.05, 3.63) is 42.5 Å². The van der Waals surface area contributed by atoms with Crippen molar-refractivity contribution < 1.29 is 27.4 Å². The van der Waals surface area contributed by atoms with Gasteiger partial charge in [0.15, 0.2) is 11.6 Å². The Balaban J connectivity index is 1.67. The van der Waals surface area contributed by atoms with Gasteiger partial charge < -0.3 is 14.4 Å². The first-order valence-electron chi connectivity index (χ1n) is 8.38. The Kier molecular flexibility index (Phi) is 4.54. The van der Waals surface area contributed by atoms with Gasteiger partial charge in [0, 0.05) is 18.8 Å². The number of amides is 1. The number of alkyl halides is 2. The van der Waals surface area contributed by atoms with Crippen LogP contribution in [0.5, 0.6) is 5.75 Å². The fraction of sp³-hybridized carbons (Fsp3) is 0.278. The molecule has 10 heteroatoms. The van der Waals surface area contributed by atoms with Crippen LogP contribution in [0.3, 0.4) is 0 Å². The second-order valence-electron chi connectivity index (χ2n) is 6.32. The molecule has 0 bridgehead atoms. The highest BCUT2D eigenvalue weighted by Gasteiger charge is 2.30. The van der Waals surface area contributed by atoms with Gasteiger partial charge in [-0.05, 0) is 23.8 Å². The third-order valence-corrected chi connectivity index (χ3v) is 4.59. The maximum Gasteiger partial charge on any atom is 0.410 e. The van der Waals surface area contributed by atoms with Gasteiger partial charge in [0.2, 0.25) is 0 Å². The Hall–Kier alpha value is -3.30. The minimum Gasteiger partial charge on any atom is -0.447 e. The van der Waals surface area contributed by atoms with Crippen molar-refractivity contribution in [3.8, 4) is 16.9 Å². The summed E-state index contributed by atoms with van der Waals surface area (Å²) in [5.74, 6) is -1.42. The van der Waals surface area contributed by atoms with Crippen molar-refractivity contribution in [2.45, 2.75) is 19.2 Å². The number of hydrogen-bond donors (Lipinski definition) is 0. The van der Waals surface area contributed by atoms with Gasteiger partial charge >= 0.3 is 12.7 Å². The molecule has 7 nitrogen and oxygen atoms in total. The van der Waals surface area contributed by atoms with Crippen molar-refractivity contribution in [2.24, 2.45) is 0 Å². The van der Waals surface area contributed by atoms with E-state index in [9.17, 15) is 18.0 Å². The van der Waals surface area contributed by atoms with E-state index in [1.165, 1.54) is 17.0 Å². The Morgan fingerprint density at radius 2 is 2.11 bits per heavy atom. The van der Waals surface area contributed by atoms with Gasteiger partial charge in [-0.2, -0.15) is 13.9 Å². The lowest BCUT2D eigenvalue weighted by Gasteiger charge is -2.16. The molecule has 146 valence electrons. The van der Waals surface area contributed by atoms with E-state index in [-0.39, 0.29) is 12.6 Å². The van der Waals surface area contributed by atoms with E-state index in [1.807, 2.05) is 0 Å². The summed E-state index contributed by atoms with van der Waals surface area (Å²) in [7, 11) is 1.65. The number of rotatable bonds is 5. The van der Waals surface area contributed by atoms with E-state index in [0.717, 1.165) is 6.07 Å². The maximum atomic E-state index is 13.7. The molecule has 3 aromatic rings. The Morgan fingerprint density at radius 1 is 1.29 bits per heavy atom. The third-order valence-electron chi connectivity index (χ3n) is 4.59. The first kappa shape index (κ1) is 18.1. The molecule has 1 amide bonds. The van der Waals surface area contributed by atoms with Gasteiger partial charge in [0.05, 0.1) is 24.3 Å². The molecule has 1 aliphatic heterocycles. The topological polar surface area (TPSA) is 69.5 Å². The number of halogens is 3. The van der Waals surface area contributed by atoms with Crippen LogP contribution < -0.4 is 4.74 Å². The maximum absolute atomic E-state index is 13.7. The predicted octanol–water partition coefficient (Wildman–Crippen LogP) is 3.29. The monoisotopic (exact) mass is 392 g/mol. The number of ether oxygens (including phenoxy) is 2. The fourth-order valence-electron chi connectivity index (χ4n) is 3.03. The Labute approximate surface area is 157 Å². The highest BCUT2D eigenvalue weighted by molar-refractivity contribution is 5.80. The predicted molar refractivity (Wildman–Crippen MR) is 92.5 cm³/mol. The van der Waals surface area contributed by atoms with Gasteiger partial charge in [-0.25, -0.2) is 9.18 Å². The average molecular weight is 392 g/mol. The molecule has 0 N–H and O–H groups in total. The standard InChI is InChI=1S/C18H15F3N4O3/c1-24-12(9-27-18(24)26)8-25-15-4-11(6-22-14(15)7-23-25)10-2-3-13(19)16(5-10)28-17(20)21/h2-7,12,17H,8-9H2,1H3. The van der Waals surface area contributed by atoms with E-state index in [4.69, 9.17) is 4.74 Å². The third kappa shape index (κ3) is 3.32. The average Bonchev–Trinajstić information content (AvgIpc) is 3.21. The lowest BCUT2D eigenvalue weighted by Crippen LogP contribution is -2.33.